The van der Waals surface area contributed by atoms with Crippen LogP contribution in [0.2, 0.25) is 0 Å². The third-order valence-corrected chi connectivity index (χ3v) is 4.60. The zero-order valence-electron chi connectivity index (χ0n) is 15.6. The molecule has 0 bridgehead atoms. The number of nitro benzene ring substituents is 1. The molecule has 4 rings (SSSR count). The summed E-state index contributed by atoms with van der Waals surface area (Å²) in [4.78, 5) is 30.4. The first-order valence-electron chi connectivity index (χ1n) is 9.05. The molecule has 0 fully saturated rings. The Bertz CT molecular complexity index is 1220. The number of rotatable bonds is 4. The molecule has 0 spiro atoms. The molecule has 1 heterocycles. The van der Waals surface area contributed by atoms with Gasteiger partial charge in [-0.2, -0.15) is 0 Å². The number of non-ortho nitro benzene ring substituents is 1. The summed E-state index contributed by atoms with van der Waals surface area (Å²) < 4.78 is 0. The quantitative estimate of drug-likeness (QED) is 0.348. The second-order valence-corrected chi connectivity index (χ2v) is 6.59. The van der Waals surface area contributed by atoms with E-state index in [1.807, 2.05) is 67.6 Å². The van der Waals surface area contributed by atoms with E-state index in [1.54, 1.807) is 11.0 Å². The molecule has 6 nitrogen and oxygen atoms in total. The summed E-state index contributed by atoms with van der Waals surface area (Å²) in [5.74, 6) is -0.365. The van der Waals surface area contributed by atoms with Crippen LogP contribution in [0.4, 0.5) is 17.1 Å². The Morgan fingerprint density at radius 1 is 0.931 bits per heavy atom. The van der Waals surface area contributed by atoms with Crippen molar-refractivity contribution in [3.8, 4) is 0 Å². The summed E-state index contributed by atoms with van der Waals surface area (Å²) in [6, 6.07) is 24.5. The molecule has 142 valence electrons. The zero-order chi connectivity index (χ0) is 20.4. The monoisotopic (exact) mass is 383 g/mol. The number of amides is 1. The van der Waals surface area contributed by atoms with Gasteiger partial charge in [0.1, 0.15) is 0 Å². The fourth-order valence-electron chi connectivity index (χ4n) is 3.23. The highest BCUT2D eigenvalue weighted by Gasteiger charge is 2.23. The number of aryl methyl sites for hydroxylation is 1. The normalized spacial score (nSPS) is 10.7. The summed E-state index contributed by atoms with van der Waals surface area (Å²) in [7, 11) is 0. The Morgan fingerprint density at radius 2 is 1.69 bits per heavy atom. The van der Waals surface area contributed by atoms with E-state index in [4.69, 9.17) is 0 Å². The molecule has 29 heavy (non-hydrogen) atoms. The predicted molar refractivity (Wildman–Crippen MR) is 112 cm³/mol. The van der Waals surface area contributed by atoms with Gasteiger partial charge in [0, 0.05) is 34.5 Å². The third-order valence-electron chi connectivity index (χ3n) is 4.60. The van der Waals surface area contributed by atoms with Gasteiger partial charge >= 0.3 is 0 Å². The van der Waals surface area contributed by atoms with E-state index >= 15 is 0 Å². The number of anilines is 2. The van der Waals surface area contributed by atoms with Crippen molar-refractivity contribution in [3.05, 3.63) is 106 Å². The Kier molecular flexibility index (Phi) is 4.75. The number of carbonyl (C=O) groups excluding carboxylic acids is 1. The van der Waals surface area contributed by atoms with E-state index in [0.717, 1.165) is 11.1 Å². The molecule has 4 aromatic rings. The van der Waals surface area contributed by atoms with Crippen molar-refractivity contribution in [1.29, 1.82) is 0 Å². The summed E-state index contributed by atoms with van der Waals surface area (Å²) in [6.45, 7) is 1.89. The second kappa shape index (κ2) is 7.52. The predicted octanol–water partition coefficient (Wildman–Crippen LogP) is 5.43. The van der Waals surface area contributed by atoms with Crippen LogP contribution in [-0.2, 0) is 0 Å². The smallest absolute Gasteiger partial charge is 0.270 e. The molecule has 3 aromatic carbocycles. The van der Waals surface area contributed by atoms with E-state index in [1.165, 1.54) is 18.2 Å². The van der Waals surface area contributed by atoms with Gasteiger partial charge in [-0.15, -0.1) is 0 Å². The first-order chi connectivity index (χ1) is 14.0. The standard InChI is InChI=1S/C23H17N3O3/c1-16-13-14-17-7-6-12-21(22(17)24-16)25(19-9-3-2-4-10-19)23(27)18-8-5-11-20(15-18)26(28)29/h2-15H,1H3. The Labute approximate surface area is 167 Å². The highest BCUT2D eigenvalue weighted by atomic mass is 16.6. The van der Waals surface area contributed by atoms with Crippen LogP contribution in [0.15, 0.2) is 84.9 Å². The number of para-hydroxylation sites is 2. The Hall–Kier alpha value is -4.06. The van der Waals surface area contributed by atoms with Gasteiger partial charge < -0.3 is 0 Å². The average molecular weight is 383 g/mol. The molecule has 0 atom stereocenters. The van der Waals surface area contributed by atoms with Crippen LogP contribution in [0.25, 0.3) is 10.9 Å². The number of fused-ring (bicyclic) bond motifs is 1. The van der Waals surface area contributed by atoms with Crippen LogP contribution < -0.4 is 4.90 Å². The van der Waals surface area contributed by atoms with Crippen molar-refractivity contribution < 1.29 is 9.72 Å². The van der Waals surface area contributed by atoms with Crippen LogP contribution in [0, 0.1) is 17.0 Å². The fourth-order valence-corrected chi connectivity index (χ4v) is 3.23. The lowest BCUT2D eigenvalue weighted by Gasteiger charge is -2.24. The molecule has 0 radical (unpaired) electrons. The van der Waals surface area contributed by atoms with Gasteiger partial charge in [-0.3, -0.25) is 24.8 Å². The number of carbonyl (C=O) groups is 1. The van der Waals surface area contributed by atoms with Crippen LogP contribution in [0.5, 0.6) is 0 Å². The lowest BCUT2D eigenvalue weighted by Crippen LogP contribution is -2.26. The van der Waals surface area contributed by atoms with Gasteiger partial charge in [0.15, 0.2) is 0 Å². The minimum atomic E-state index is -0.507. The molecule has 6 heteroatoms. The number of hydrogen-bond donors (Lipinski definition) is 0. The summed E-state index contributed by atoms with van der Waals surface area (Å²) >= 11 is 0. The minimum Gasteiger partial charge on any atom is -0.275 e. The number of pyridine rings is 1. The molecule has 1 amide bonds. The molecule has 0 aliphatic rings. The van der Waals surface area contributed by atoms with Gasteiger partial charge in [0.25, 0.3) is 11.6 Å². The number of nitro groups is 1. The second-order valence-electron chi connectivity index (χ2n) is 6.59. The van der Waals surface area contributed by atoms with Crippen molar-refractivity contribution in [1.82, 2.24) is 4.98 Å². The van der Waals surface area contributed by atoms with E-state index in [-0.39, 0.29) is 17.2 Å². The van der Waals surface area contributed by atoms with Gasteiger partial charge in [-0.1, -0.05) is 42.5 Å². The molecular formula is C23H17N3O3. The Balaban J connectivity index is 1.93. The van der Waals surface area contributed by atoms with Crippen molar-refractivity contribution >= 4 is 33.9 Å². The van der Waals surface area contributed by atoms with E-state index in [2.05, 4.69) is 4.98 Å². The highest BCUT2D eigenvalue weighted by molar-refractivity contribution is 6.14. The number of aromatic nitrogens is 1. The van der Waals surface area contributed by atoms with E-state index < -0.39 is 4.92 Å². The molecule has 1 aromatic heterocycles. The third kappa shape index (κ3) is 3.55. The van der Waals surface area contributed by atoms with E-state index in [0.29, 0.717) is 16.9 Å². The van der Waals surface area contributed by atoms with Crippen molar-refractivity contribution in [2.75, 3.05) is 4.90 Å². The SMILES string of the molecule is Cc1ccc2cccc(N(C(=O)c3cccc([N+](=O)[O-])c3)c3ccccc3)c2n1. The van der Waals surface area contributed by atoms with Crippen molar-refractivity contribution in [2.45, 2.75) is 6.92 Å². The first kappa shape index (κ1) is 18.3. The topological polar surface area (TPSA) is 76.3 Å². The lowest BCUT2D eigenvalue weighted by atomic mass is 10.1. The molecule has 0 unspecified atom stereocenters. The van der Waals surface area contributed by atoms with Crippen LogP contribution in [-0.4, -0.2) is 15.8 Å². The molecule has 0 N–H and O–H groups in total. The summed E-state index contributed by atoms with van der Waals surface area (Å²) in [5, 5.41) is 12.1. The molecular weight excluding hydrogens is 366 g/mol. The van der Waals surface area contributed by atoms with Gasteiger partial charge in [-0.25, -0.2) is 0 Å². The fraction of sp³-hybridized carbons (Fsp3) is 0.0435. The minimum absolute atomic E-state index is 0.129. The van der Waals surface area contributed by atoms with Crippen molar-refractivity contribution in [2.24, 2.45) is 0 Å². The number of benzene rings is 3. The maximum atomic E-state index is 13.5. The summed E-state index contributed by atoms with van der Waals surface area (Å²) in [6.07, 6.45) is 0. The van der Waals surface area contributed by atoms with Gasteiger partial charge in [0.2, 0.25) is 0 Å². The molecule has 0 aliphatic carbocycles. The zero-order valence-corrected chi connectivity index (χ0v) is 15.6. The highest BCUT2D eigenvalue weighted by Crippen LogP contribution is 2.33. The van der Waals surface area contributed by atoms with Crippen LogP contribution in [0.1, 0.15) is 16.1 Å². The largest absolute Gasteiger partial charge is 0.275 e. The molecule has 0 saturated heterocycles. The maximum absolute atomic E-state index is 13.5. The van der Waals surface area contributed by atoms with E-state index in [9.17, 15) is 14.9 Å². The number of nitrogens with zero attached hydrogens (tertiary/aromatic N) is 3. The van der Waals surface area contributed by atoms with Crippen LogP contribution >= 0.6 is 0 Å². The summed E-state index contributed by atoms with van der Waals surface area (Å²) in [5.41, 5.74) is 2.90. The van der Waals surface area contributed by atoms with Gasteiger partial charge in [-0.05, 0) is 37.3 Å². The first-order valence-corrected chi connectivity index (χ1v) is 9.05. The molecule has 0 aliphatic heterocycles. The van der Waals surface area contributed by atoms with Crippen molar-refractivity contribution in [3.63, 3.8) is 0 Å². The Morgan fingerprint density at radius 3 is 2.45 bits per heavy atom. The van der Waals surface area contributed by atoms with Crippen LogP contribution in [0.3, 0.4) is 0 Å². The molecule has 0 saturated carbocycles. The van der Waals surface area contributed by atoms with Gasteiger partial charge in [0.05, 0.1) is 16.1 Å². The maximum Gasteiger partial charge on any atom is 0.270 e. The average Bonchev–Trinajstić information content (AvgIpc) is 2.75. The number of hydrogen-bond acceptors (Lipinski definition) is 4. The lowest BCUT2D eigenvalue weighted by molar-refractivity contribution is -0.384.